The minimum atomic E-state index is -0.490. The quantitative estimate of drug-likeness (QED) is 0.260. The van der Waals surface area contributed by atoms with Gasteiger partial charge in [-0.1, -0.05) is 48.5 Å². The Morgan fingerprint density at radius 1 is 1.06 bits per heavy atom. The van der Waals surface area contributed by atoms with Gasteiger partial charge in [0.2, 0.25) is 5.91 Å². The number of nitro groups is 1. The molecule has 4 rings (SSSR count). The number of anilines is 1. The first-order valence-electron chi connectivity index (χ1n) is 9.84. The van der Waals surface area contributed by atoms with E-state index >= 15 is 0 Å². The van der Waals surface area contributed by atoms with Crippen LogP contribution in [0.5, 0.6) is 0 Å². The molecule has 32 heavy (non-hydrogen) atoms. The molecule has 0 bridgehead atoms. The van der Waals surface area contributed by atoms with Gasteiger partial charge in [0.15, 0.2) is 0 Å². The minimum absolute atomic E-state index is 0.0799. The number of non-ortho nitro benzene ring substituents is 1. The zero-order valence-electron chi connectivity index (χ0n) is 16.9. The summed E-state index contributed by atoms with van der Waals surface area (Å²) < 4.78 is 1.82. The molecule has 0 fully saturated rings. The molecule has 0 saturated carbocycles. The fourth-order valence-corrected chi connectivity index (χ4v) is 3.52. The maximum absolute atomic E-state index is 12.6. The first-order chi connectivity index (χ1) is 15.5. The Balaban J connectivity index is 1.69. The van der Waals surface area contributed by atoms with Crippen LogP contribution in [0.4, 0.5) is 11.4 Å². The third-order valence-electron chi connectivity index (χ3n) is 4.98. The number of nitriles is 1. The molecule has 7 nitrogen and oxygen atoms in total. The van der Waals surface area contributed by atoms with Gasteiger partial charge in [-0.15, -0.1) is 0 Å². The van der Waals surface area contributed by atoms with E-state index in [0.29, 0.717) is 16.8 Å². The Kier molecular flexibility index (Phi) is 5.77. The average Bonchev–Trinajstić information content (AvgIpc) is 3.15. The number of para-hydroxylation sites is 2. The van der Waals surface area contributed by atoms with Crippen molar-refractivity contribution in [1.82, 2.24) is 4.57 Å². The van der Waals surface area contributed by atoms with E-state index in [0.717, 1.165) is 16.5 Å². The van der Waals surface area contributed by atoms with Crippen molar-refractivity contribution in [3.8, 4) is 6.07 Å². The van der Waals surface area contributed by atoms with Crippen molar-refractivity contribution in [2.45, 2.75) is 6.54 Å². The van der Waals surface area contributed by atoms with Crippen LogP contribution in [0.3, 0.4) is 0 Å². The van der Waals surface area contributed by atoms with E-state index in [1.165, 1.54) is 12.1 Å². The molecule has 0 spiro atoms. The number of nitrogens with zero attached hydrogens (tertiary/aromatic N) is 3. The van der Waals surface area contributed by atoms with Gasteiger partial charge in [0.25, 0.3) is 5.69 Å². The highest BCUT2D eigenvalue weighted by Crippen LogP contribution is 2.27. The molecule has 0 aliphatic carbocycles. The number of fused-ring (bicyclic) bond motifs is 1. The number of benzene rings is 3. The fourth-order valence-electron chi connectivity index (χ4n) is 3.52. The zero-order valence-corrected chi connectivity index (χ0v) is 16.9. The van der Waals surface area contributed by atoms with Crippen molar-refractivity contribution in [3.05, 3.63) is 106 Å². The lowest BCUT2D eigenvalue weighted by molar-refractivity contribution is -0.384. The van der Waals surface area contributed by atoms with Crippen LogP contribution in [0, 0.1) is 21.4 Å². The summed E-state index contributed by atoms with van der Waals surface area (Å²) in [5.41, 5.74) is 2.98. The summed E-state index contributed by atoms with van der Waals surface area (Å²) in [4.78, 5) is 23.2. The van der Waals surface area contributed by atoms with Crippen LogP contribution in [0.1, 0.15) is 11.1 Å². The molecule has 0 saturated heterocycles. The Labute approximate surface area is 184 Å². The van der Waals surface area contributed by atoms with Crippen LogP contribution >= 0.6 is 0 Å². The molecule has 0 aliphatic heterocycles. The molecule has 4 aromatic rings. The number of allylic oxidation sites excluding steroid dienone is 1. The molecule has 1 heterocycles. The summed E-state index contributed by atoms with van der Waals surface area (Å²) in [6.07, 6.45) is 3.50. The maximum atomic E-state index is 12.6. The molecule has 0 atom stereocenters. The molecule has 0 aliphatic rings. The second kappa shape index (κ2) is 8.98. The molecule has 7 heteroatoms. The summed E-state index contributed by atoms with van der Waals surface area (Å²) in [5, 5.41) is 24.5. The topological polar surface area (TPSA) is 101 Å². The number of carbonyl (C=O) groups is 1. The van der Waals surface area contributed by atoms with E-state index in [-0.39, 0.29) is 18.1 Å². The molecular weight excluding hydrogens is 404 g/mol. The molecule has 0 unspecified atom stereocenters. The summed E-state index contributed by atoms with van der Waals surface area (Å²) in [5.74, 6) is -0.174. The van der Waals surface area contributed by atoms with Crippen molar-refractivity contribution in [3.63, 3.8) is 0 Å². The van der Waals surface area contributed by atoms with E-state index in [2.05, 4.69) is 11.4 Å². The van der Waals surface area contributed by atoms with Crippen LogP contribution in [-0.4, -0.2) is 15.4 Å². The third kappa shape index (κ3) is 4.40. The molecule has 1 aromatic heterocycles. The number of hydrogen-bond acceptors (Lipinski definition) is 4. The van der Waals surface area contributed by atoms with Crippen molar-refractivity contribution in [2.75, 3.05) is 5.32 Å². The summed E-state index contributed by atoms with van der Waals surface area (Å²) in [7, 11) is 0. The van der Waals surface area contributed by atoms with Crippen molar-refractivity contribution < 1.29 is 9.72 Å². The van der Waals surface area contributed by atoms with Gasteiger partial charge in [0.1, 0.15) is 6.54 Å². The maximum Gasteiger partial charge on any atom is 0.270 e. The number of nitro benzene ring substituents is 1. The van der Waals surface area contributed by atoms with E-state index in [1.54, 1.807) is 18.2 Å². The predicted molar refractivity (Wildman–Crippen MR) is 124 cm³/mol. The lowest BCUT2D eigenvalue weighted by atomic mass is 10.0. The standard InChI is InChI=1S/C25H18N4O3/c26-15-19(18-7-6-10-22(14-18)29(31)32)13-20-16-28(24-12-5-4-11-23(20)24)17-25(30)27-21-8-2-1-3-9-21/h1-14,16H,17H2,(H,27,30)/b19-13+. The van der Waals surface area contributed by atoms with E-state index in [9.17, 15) is 20.2 Å². The van der Waals surface area contributed by atoms with Crippen LogP contribution in [0.2, 0.25) is 0 Å². The largest absolute Gasteiger partial charge is 0.337 e. The minimum Gasteiger partial charge on any atom is -0.337 e. The predicted octanol–water partition coefficient (Wildman–Crippen LogP) is 5.25. The van der Waals surface area contributed by atoms with Gasteiger partial charge in [-0.2, -0.15) is 5.26 Å². The van der Waals surface area contributed by atoms with E-state index in [4.69, 9.17) is 0 Å². The lowest BCUT2D eigenvalue weighted by Crippen LogP contribution is -2.18. The Morgan fingerprint density at radius 3 is 2.56 bits per heavy atom. The monoisotopic (exact) mass is 422 g/mol. The van der Waals surface area contributed by atoms with Crippen LogP contribution < -0.4 is 5.32 Å². The zero-order chi connectivity index (χ0) is 22.5. The Hall–Kier alpha value is -4.70. The van der Waals surface area contributed by atoms with Crippen molar-refractivity contribution in [2.24, 2.45) is 0 Å². The number of nitrogens with one attached hydrogen (secondary N) is 1. The van der Waals surface area contributed by atoms with Crippen molar-refractivity contribution in [1.29, 1.82) is 5.26 Å². The van der Waals surface area contributed by atoms with Crippen LogP contribution in [-0.2, 0) is 11.3 Å². The highest BCUT2D eigenvalue weighted by molar-refractivity contribution is 5.99. The van der Waals surface area contributed by atoms with E-state index < -0.39 is 4.92 Å². The summed E-state index contributed by atoms with van der Waals surface area (Å²) in [6, 6.07) is 24.9. The SMILES string of the molecule is N#C/C(=C\c1cn(CC(=O)Nc2ccccc2)c2ccccc12)c1cccc([N+](=O)[O-])c1. The molecule has 0 radical (unpaired) electrons. The van der Waals surface area contributed by atoms with Gasteiger partial charge in [-0.25, -0.2) is 0 Å². The fraction of sp³-hybridized carbons (Fsp3) is 0.0400. The lowest BCUT2D eigenvalue weighted by Gasteiger charge is -2.07. The Bertz CT molecular complexity index is 1380. The number of amides is 1. The van der Waals surface area contributed by atoms with Gasteiger partial charge in [0, 0.05) is 40.5 Å². The molecule has 3 aromatic carbocycles. The molecule has 156 valence electrons. The van der Waals surface area contributed by atoms with Crippen LogP contribution in [0.25, 0.3) is 22.6 Å². The number of carbonyl (C=O) groups excluding carboxylic acids is 1. The highest BCUT2D eigenvalue weighted by Gasteiger charge is 2.13. The van der Waals surface area contributed by atoms with E-state index in [1.807, 2.05) is 65.4 Å². The highest BCUT2D eigenvalue weighted by atomic mass is 16.6. The third-order valence-corrected chi connectivity index (χ3v) is 4.98. The second-order valence-corrected chi connectivity index (χ2v) is 7.12. The summed E-state index contributed by atoms with van der Waals surface area (Å²) >= 11 is 0. The number of hydrogen-bond donors (Lipinski definition) is 1. The summed E-state index contributed by atoms with van der Waals surface area (Å²) in [6.45, 7) is 0.0992. The average molecular weight is 422 g/mol. The van der Waals surface area contributed by atoms with Gasteiger partial charge < -0.3 is 9.88 Å². The van der Waals surface area contributed by atoms with Gasteiger partial charge >= 0.3 is 0 Å². The second-order valence-electron chi connectivity index (χ2n) is 7.12. The van der Waals surface area contributed by atoms with Gasteiger partial charge in [-0.05, 0) is 29.8 Å². The van der Waals surface area contributed by atoms with Crippen molar-refractivity contribution >= 4 is 39.8 Å². The van der Waals surface area contributed by atoms with Gasteiger partial charge in [-0.3, -0.25) is 14.9 Å². The van der Waals surface area contributed by atoms with Gasteiger partial charge in [0.05, 0.1) is 16.6 Å². The smallest absolute Gasteiger partial charge is 0.270 e. The molecule has 1 N–H and O–H groups in total. The normalized spacial score (nSPS) is 11.2. The number of rotatable bonds is 6. The first kappa shape index (κ1) is 20.6. The van der Waals surface area contributed by atoms with Crippen LogP contribution in [0.15, 0.2) is 85.1 Å². The Morgan fingerprint density at radius 2 is 1.81 bits per heavy atom. The first-order valence-corrected chi connectivity index (χ1v) is 9.84. The molecule has 1 amide bonds. The molecular formula is C25H18N4O3. The number of aromatic nitrogens is 1.